The molecule has 0 saturated carbocycles. The zero-order valence-corrected chi connectivity index (χ0v) is 5.92. The van der Waals surface area contributed by atoms with Gasteiger partial charge in [-0.05, 0) is 6.92 Å². The molecule has 11 heavy (non-hydrogen) atoms. The van der Waals surface area contributed by atoms with E-state index < -0.39 is 11.9 Å². The van der Waals surface area contributed by atoms with E-state index in [2.05, 4.69) is 4.74 Å². The first-order valence-electron chi connectivity index (χ1n) is 3.06. The lowest BCUT2D eigenvalue weighted by molar-refractivity contribution is -0.151. The fourth-order valence-electron chi connectivity index (χ4n) is 0.779. The molecule has 1 aliphatic rings. The van der Waals surface area contributed by atoms with E-state index >= 15 is 0 Å². The molecule has 1 rings (SSSR count). The summed E-state index contributed by atoms with van der Waals surface area (Å²) in [7, 11) is 0. The predicted octanol–water partition coefficient (Wildman–Crippen LogP) is -0.0247. The lowest BCUT2D eigenvalue weighted by Gasteiger charge is -1.91. The highest BCUT2D eigenvalue weighted by molar-refractivity contribution is 6.10. The van der Waals surface area contributed by atoms with Gasteiger partial charge in [-0.1, -0.05) is 0 Å². The number of esters is 2. The van der Waals surface area contributed by atoms with Gasteiger partial charge in [-0.2, -0.15) is 0 Å². The van der Waals surface area contributed by atoms with Crippen molar-refractivity contribution in [2.24, 2.45) is 0 Å². The maximum atomic E-state index is 10.7. The molecule has 0 radical (unpaired) electrons. The number of ketones is 1. The van der Waals surface area contributed by atoms with Crippen molar-refractivity contribution < 1.29 is 19.1 Å². The molecule has 4 heteroatoms. The summed E-state index contributed by atoms with van der Waals surface area (Å²) in [5, 5.41) is 0. The maximum absolute atomic E-state index is 10.7. The van der Waals surface area contributed by atoms with Gasteiger partial charge in [0.25, 0.3) is 0 Å². The number of rotatable bonds is 2. The average molecular weight is 154 g/mol. The molecule has 0 saturated heterocycles. The molecular weight excluding hydrogens is 148 g/mol. The molecule has 0 bridgehead atoms. The highest BCUT2D eigenvalue weighted by Gasteiger charge is 2.23. The van der Waals surface area contributed by atoms with Crippen LogP contribution in [0.2, 0.25) is 0 Å². The van der Waals surface area contributed by atoms with E-state index in [1.54, 1.807) is 0 Å². The van der Waals surface area contributed by atoms with Crippen LogP contribution in [0.3, 0.4) is 0 Å². The summed E-state index contributed by atoms with van der Waals surface area (Å²) >= 11 is 0. The molecule has 0 aromatic rings. The van der Waals surface area contributed by atoms with Crippen LogP contribution in [0.1, 0.15) is 13.3 Å². The van der Waals surface area contributed by atoms with E-state index in [0.29, 0.717) is 0 Å². The van der Waals surface area contributed by atoms with Gasteiger partial charge in [-0.25, -0.2) is 9.59 Å². The SMILES string of the molecule is CC(=O)CC1=CC(=O)OC1=O. The number of carbonyl (C=O) groups excluding carboxylic acids is 3. The van der Waals surface area contributed by atoms with Gasteiger partial charge in [-0.15, -0.1) is 0 Å². The second-order valence-corrected chi connectivity index (χ2v) is 2.26. The van der Waals surface area contributed by atoms with E-state index in [-0.39, 0.29) is 17.8 Å². The molecule has 0 aromatic carbocycles. The van der Waals surface area contributed by atoms with E-state index in [1.807, 2.05) is 0 Å². The van der Waals surface area contributed by atoms with Gasteiger partial charge in [-0.3, -0.25) is 4.79 Å². The zero-order valence-electron chi connectivity index (χ0n) is 5.92. The topological polar surface area (TPSA) is 60.4 Å². The smallest absolute Gasteiger partial charge is 0.342 e. The van der Waals surface area contributed by atoms with Gasteiger partial charge in [0.05, 0.1) is 5.57 Å². The highest BCUT2D eigenvalue weighted by Crippen LogP contribution is 2.11. The molecule has 4 nitrogen and oxygen atoms in total. The van der Waals surface area contributed by atoms with Crippen LogP contribution in [0.5, 0.6) is 0 Å². The molecule has 0 amide bonds. The van der Waals surface area contributed by atoms with Crippen LogP contribution in [-0.4, -0.2) is 17.7 Å². The Balaban J connectivity index is 2.72. The van der Waals surface area contributed by atoms with Crippen molar-refractivity contribution in [2.75, 3.05) is 0 Å². The molecule has 1 heterocycles. The van der Waals surface area contributed by atoms with Crippen LogP contribution in [0.25, 0.3) is 0 Å². The minimum absolute atomic E-state index is 0.0232. The lowest BCUT2D eigenvalue weighted by atomic mass is 10.1. The number of carbonyl (C=O) groups is 3. The number of cyclic esters (lactones) is 2. The molecule has 1 aliphatic heterocycles. The Labute approximate surface area is 62.8 Å². The fraction of sp³-hybridized carbons (Fsp3) is 0.286. The molecule has 0 aliphatic carbocycles. The van der Waals surface area contributed by atoms with Crippen molar-refractivity contribution in [1.29, 1.82) is 0 Å². The average Bonchev–Trinajstić information content (AvgIpc) is 2.09. The zero-order chi connectivity index (χ0) is 8.43. The third kappa shape index (κ3) is 1.73. The number of hydrogen-bond donors (Lipinski definition) is 0. The molecule has 58 valence electrons. The number of hydrogen-bond acceptors (Lipinski definition) is 4. The van der Waals surface area contributed by atoms with Crippen LogP contribution >= 0.6 is 0 Å². The summed E-state index contributed by atoms with van der Waals surface area (Å²) in [5.41, 5.74) is 0.141. The Morgan fingerprint density at radius 3 is 2.55 bits per heavy atom. The van der Waals surface area contributed by atoms with Gasteiger partial charge < -0.3 is 4.74 Å². The molecule has 0 fully saturated rings. The number of Topliss-reactive ketones (excluding diaryl/α,β-unsaturated/α-hetero) is 1. The second-order valence-electron chi connectivity index (χ2n) is 2.26. The molecule has 0 N–H and O–H groups in total. The maximum Gasteiger partial charge on any atom is 0.342 e. The molecule has 0 aromatic heterocycles. The summed E-state index contributed by atoms with van der Waals surface area (Å²) in [5.74, 6) is -1.56. The Morgan fingerprint density at radius 2 is 2.18 bits per heavy atom. The summed E-state index contributed by atoms with van der Waals surface area (Å²) in [6.07, 6.45) is 1.02. The molecular formula is C7H6O4. The summed E-state index contributed by atoms with van der Waals surface area (Å²) in [6, 6.07) is 0. The lowest BCUT2D eigenvalue weighted by Crippen LogP contribution is -2.04. The monoisotopic (exact) mass is 154 g/mol. The number of ether oxygens (including phenoxy) is 1. The van der Waals surface area contributed by atoms with Crippen molar-refractivity contribution >= 4 is 17.7 Å². The minimum atomic E-state index is -0.704. The fourth-order valence-corrected chi connectivity index (χ4v) is 0.779. The van der Waals surface area contributed by atoms with Crippen molar-refractivity contribution in [3.05, 3.63) is 11.6 Å². The quantitative estimate of drug-likeness (QED) is 0.414. The first kappa shape index (κ1) is 7.65. The third-order valence-corrected chi connectivity index (χ3v) is 1.19. The van der Waals surface area contributed by atoms with Gasteiger partial charge in [0.2, 0.25) is 0 Å². The van der Waals surface area contributed by atoms with Crippen molar-refractivity contribution in [3.63, 3.8) is 0 Å². The van der Waals surface area contributed by atoms with E-state index in [4.69, 9.17) is 0 Å². The second kappa shape index (κ2) is 2.65. The van der Waals surface area contributed by atoms with Crippen molar-refractivity contribution in [3.8, 4) is 0 Å². The van der Waals surface area contributed by atoms with E-state index in [1.165, 1.54) is 6.92 Å². The first-order valence-corrected chi connectivity index (χ1v) is 3.06. The van der Waals surface area contributed by atoms with Crippen LogP contribution in [-0.2, 0) is 19.1 Å². The third-order valence-electron chi connectivity index (χ3n) is 1.19. The summed E-state index contributed by atoms with van der Waals surface area (Å²) in [4.78, 5) is 31.6. The van der Waals surface area contributed by atoms with Crippen LogP contribution in [0.15, 0.2) is 11.6 Å². The van der Waals surface area contributed by atoms with E-state index in [0.717, 1.165) is 6.08 Å². The van der Waals surface area contributed by atoms with Gasteiger partial charge in [0.15, 0.2) is 0 Å². The Bertz CT molecular complexity index is 262. The molecule has 0 spiro atoms. The van der Waals surface area contributed by atoms with Crippen LogP contribution in [0, 0.1) is 0 Å². The summed E-state index contributed by atoms with van der Waals surface area (Å²) < 4.78 is 4.15. The Hall–Kier alpha value is -1.45. The van der Waals surface area contributed by atoms with Gasteiger partial charge in [0, 0.05) is 12.5 Å². The Kier molecular flexibility index (Phi) is 1.85. The van der Waals surface area contributed by atoms with E-state index in [9.17, 15) is 14.4 Å². The van der Waals surface area contributed by atoms with Crippen LogP contribution < -0.4 is 0 Å². The normalized spacial score (nSPS) is 16.3. The van der Waals surface area contributed by atoms with Crippen molar-refractivity contribution in [2.45, 2.75) is 13.3 Å². The van der Waals surface area contributed by atoms with Crippen molar-refractivity contribution in [1.82, 2.24) is 0 Å². The predicted molar refractivity (Wildman–Crippen MR) is 34.5 cm³/mol. The summed E-state index contributed by atoms with van der Waals surface area (Å²) in [6.45, 7) is 1.34. The first-order chi connectivity index (χ1) is 5.09. The highest BCUT2D eigenvalue weighted by atomic mass is 16.6. The van der Waals surface area contributed by atoms with Crippen LogP contribution in [0.4, 0.5) is 0 Å². The largest absolute Gasteiger partial charge is 0.386 e. The molecule has 0 unspecified atom stereocenters. The Morgan fingerprint density at radius 1 is 1.55 bits per heavy atom. The molecule has 0 atom stereocenters. The standard InChI is InChI=1S/C7H6O4/c1-4(8)2-5-3-6(9)11-7(5)10/h3H,2H2,1H3. The minimum Gasteiger partial charge on any atom is -0.386 e. The van der Waals surface area contributed by atoms with Gasteiger partial charge >= 0.3 is 11.9 Å². The van der Waals surface area contributed by atoms with Gasteiger partial charge in [0.1, 0.15) is 5.78 Å².